The van der Waals surface area contributed by atoms with E-state index in [-0.39, 0.29) is 34.3 Å². The molecule has 0 aliphatic carbocycles. The zero-order valence-electron chi connectivity index (χ0n) is 15.2. The van der Waals surface area contributed by atoms with Crippen LogP contribution in [0.4, 0.5) is 16.2 Å². The van der Waals surface area contributed by atoms with Crippen LogP contribution in [-0.4, -0.2) is 50.9 Å². The van der Waals surface area contributed by atoms with Gasteiger partial charge in [-0.25, -0.2) is 19.4 Å². The summed E-state index contributed by atoms with van der Waals surface area (Å²) >= 11 is 5.72. The molecule has 3 rings (SSSR count). The molecule has 11 nitrogen and oxygen atoms in total. The van der Waals surface area contributed by atoms with E-state index < -0.39 is 12.0 Å². The predicted molar refractivity (Wildman–Crippen MR) is 102 cm³/mol. The van der Waals surface area contributed by atoms with E-state index in [1.54, 1.807) is 7.05 Å². The number of nitrogens with one attached hydrogen (secondary N) is 3. The van der Waals surface area contributed by atoms with E-state index in [0.717, 1.165) is 32.4 Å². The first kappa shape index (κ1) is 19.8. The molecule has 150 valence electrons. The molecule has 1 atom stereocenters. The molecule has 0 bridgehead atoms. The summed E-state index contributed by atoms with van der Waals surface area (Å²) in [5, 5.41) is 12.6. The minimum Gasteiger partial charge on any atom is -0.396 e. The van der Waals surface area contributed by atoms with E-state index in [2.05, 4.69) is 31.0 Å². The Morgan fingerprint density at radius 1 is 1.36 bits per heavy atom. The monoisotopic (exact) mass is 408 g/mol. The number of hydrogen-bond acceptors (Lipinski definition) is 8. The van der Waals surface area contributed by atoms with Gasteiger partial charge in [-0.2, -0.15) is 5.10 Å². The van der Waals surface area contributed by atoms with E-state index in [9.17, 15) is 9.59 Å². The van der Waals surface area contributed by atoms with Gasteiger partial charge in [0.15, 0.2) is 5.69 Å². The molecule has 5 N–H and O–H groups in total. The number of hydrogen-bond donors (Lipinski definition) is 4. The lowest BCUT2D eigenvalue weighted by molar-refractivity contribution is 0.102. The molecule has 12 heteroatoms. The lowest BCUT2D eigenvalue weighted by Crippen LogP contribution is -2.37. The van der Waals surface area contributed by atoms with Crippen LogP contribution in [0.25, 0.3) is 0 Å². The van der Waals surface area contributed by atoms with Gasteiger partial charge in [0.05, 0.1) is 18.1 Å². The number of aryl methyl sites for hydroxylation is 1. The maximum absolute atomic E-state index is 12.4. The summed E-state index contributed by atoms with van der Waals surface area (Å²) in [7, 11) is 1.59. The summed E-state index contributed by atoms with van der Waals surface area (Å²) in [6.07, 6.45) is 4.63. The summed E-state index contributed by atoms with van der Waals surface area (Å²) in [5.74, 6) is -0.550. The second-order valence-electron chi connectivity index (χ2n) is 6.30. The molecular formula is C16H21ClN8O3. The minimum atomic E-state index is -0.630. The van der Waals surface area contributed by atoms with Crippen LogP contribution in [0.2, 0.25) is 5.28 Å². The van der Waals surface area contributed by atoms with E-state index in [1.807, 2.05) is 0 Å². The van der Waals surface area contributed by atoms with Crippen molar-refractivity contribution in [2.45, 2.75) is 25.3 Å². The Kier molecular flexibility index (Phi) is 6.26. The fourth-order valence-corrected chi connectivity index (χ4v) is 2.95. The van der Waals surface area contributed by atoms with Crippen LogP contribution < -0.4 is 26.4 Å². The van der Waals surface area contributed by atoms with Gasteiger partial charge in [0.1, 0.15) is 5.69 Å². The van der Waals surface area contributed by atoms with Gasteiger partial charge in [0, 0.05) is 13.1 Å². The predicted octanol–water partition coefficient (Wildman–Crippen LogP) is 0.928. The molecule has 0 aromatic carbocycles. The number of aromatic nitrogens is 4. The third kappa shape index (κ3) is 4.87. The molecule has 2 aromatic rings. The first-order valence-electron chi connectivity index (χ1n) is 8.74. The van der Waals surface area contributed by atoms with Crippen molar-refractivity contribution in [2.24, 2.45) is 7.05 Å². The molecule has 2 aromatic heterocycles. The molecule has 0 saturated carbocycles. The molecule has 1 unspecified atom stereocenters. The third-order valence-electron chi connectivity index (χ3n) is 4.22. The van der Waals surface area contributed by atoms with Crippen LogP contribution in [0.15, 0.2) is 12.4 Å². The molecule has 1 aliphatic rings. The topological polar surface area (TPSA) is 149 Å². The lowest BCUT2D eigenvalue weighted by Gasteiger charge is -2.16. The second-order valence-corrected chi connectivity index (χ2v) is 6.63. The van der Waals surface area contributed by atoms with Crippen molar-refractivity contribution in [3.63, 3.8) is 0 Å². The lowest BCUT2D eigenvalue weighted by atomic mass is 10.1. The molecule has 1 aliphatic heterocycles. The molecule has 2 amide bonds. The number of nitrogens with zero attached hydrogens (tertiary/aromatic N) is 4. The van der Waals surface area contributed by atoms with Crippen LogP contribution >= 0.6 is 11.6 Å². The normalized spacial score (nSPS) is 16.9. The summed E-state index contributed by atoms with van der Waals surface area (Å²) in [6.45, 7) is 1.77. The quantitative estimate of drug-likeness (QED) is 0.546. The van der Waals surface area contributed by atoms with Crippen LogP contribution in [0, 0.1) is 0 Å². The Balaban J connectivity index is 1.68. The number of nitrogen functional groups attached to an aromatic ring is 1. The van der Waals surface area contributed by atoms with Gasteiger partial charge in [-0.05, 0) is 44.0 Å². The zero-order chi connectivity index (χ0) is 20.1. The fourth-order valence-electron chi connectivity index (χ4n) is 2.81. The molecule has 0 spiro atoms. The van der Waals surface area contributed by atoms with Crippen LogP contribution in [0.1, 0.15) is 29.8 Å². The van der Waals surface area contributed by atoms with Gasteiger partial charge in [0.25, 0.3) is 5.91 Å². The summed E-state index contributed by atoms with van der Waals surface area (Å²) in [4.78, 5) is 32.3. The first-order valence-corrected chi connectivity index (χ1v) is 9.12. The van der Waals surface area contributed by atoms with Gasteiger partial charge in [-0.15, -0.1) is 0 Å². The number of carbonyl (C=O) groups is 2. The Bertz CT molecular complexity index is 864. The van der Waals surface area contributed by atoms with Crippen molar-refractivity contribution in [2.75, 3.05) is 24.1 Å². The fraction of sp³-hybridized carbons (Fsp3) is 0.438. The van der Waals surface area contributed by atoms with Gasteiger partial charge >= 0.3 is 6.09 Å². The highest BCUT2D eigenvalue weighted by Gasteiger charge is 2.21. The Morgan fingerprint density at radius 2 is 2.18 bits per heavy atom. The van der Waals surface area contributed by atoms with Gasteiger partial charge in [-0.1, -0.05) is 0 Å². The standard InChI is InChI=1S/C16H21ClN8O3/c1-25-14(28-16(27)22-9-3-2-5-19-6-4-9)11(8-21-25)23-13(26)12-10(18)7-20-15(17)24-12/h7-9,19H,2-6,18H2,1H3,(H,22,27)(H,23,26). The van der Waals surface area contributed by atoms with Crippen molar-refractivity contribution in [3.05, 3.63) is 23.4 Å². The number of carbonyl (C=O) groups excluding carboxylic acids is 2. The smallest absolute Gasteiger partial charge is 0.396 e. The average Bonchev–Trinajstić information content (AvgIpc) is 2.86. The Hall–Kier alpha value is -2.92. The van der Waals surface area contributed by atoms with Gasteiger partial charge < -0.3 is 26.4 Å². The van der Waals surface area contributed by atoms with Crippen LogP contribution in [-0.2, 0) is 7.05 Å². The maximum atomic E-state index is 12.4. The molecular weight excluding hydrogens is 388 g/mol. The van der Waals surface area contributed by atoms with E-state index >= 15 is 0 Å². The number of anilines is 2. The SMILES string of the molecule is Cn1ncc(NC(=O)c2nc(Cl)ncc2N)c1OC(=O)NC1CCCNCC1. The van der Waals surface area contributed by atoms with Crippen molar-refractivity contribution in [1.29, 1.82) is 0 Å². The zero-order valence-corrected chi connectivity index (χ0v) is 16.0. The largest absolute Gasteiger partial charge is 0.414 e. The minimum absolute atomic E-state index is 0.0247. The maximum Gasteiger partial charge on any atom is 0.414 e. The molecule has 1 saturated heterocycles. The molecule has 28 heavy (non-hydrogen) atoms. The van der Waals surface area contributed by atoms with E-state index in [0.29, 0.717) is 0 Å². The summed E-state index contributed by atoms with van der Waals surface area (Å²) in [5.41, 5.74) is 5.88. The average molecular weight is 409 g/mol. The van der Waals surface area contributed by atoms with Crippen molar-refractivity contribution in [3.8, 4) is 5.88 Å². The second kappa shape index (κ2) is 8.85. The van der Waals surface area contributed by atoms with Crippen molar-refractivity contribution in [1.82, 2.24) is 30.4 Å². The van der Waals surface area contributed by atoms with E-state index in [4.69, 9.17) is 22.1 Å². The first-order chi connectivity index (χ1) is 13.4. The number of ether oxygens (including phenoxy) is 1. The number of nitrogens with two attached hydrogens (primary N) is 1. The van der Waals surface area contributed by atoms with Gasteiger partial charge in [0.2, 0.25) is 11.2 Å². The Labute approximate surface area is 166 Å². The highest BCUT2D eigenvalue weighted by molar-refractivity contribution is 6.28. The van der Waals surface area contributed by atoms with E-state index in [1.165, 1.54) is 17.1 Å². The summed E-state index contributed by atoms with van der Waals surface area (Å²) in [6, 6.07) is 0.0247. The molecule has 3 heterocycles. The molecule has 1 fully saturated rings. The highest BCUT2D eigenvalue weighted by Crippen LogP contribution is 2.24. The third-order valence-corrected chi connectivity index (χ3v) is 4.40. The van der Waals surface area contributed by atoms with Gasteiger partial charge in [-0.3, -0.25) is 4.79 Å². The van der Waals surface area contributed by atoms with Crippen LogP contribution in [0.5, 0.6) is 5.88 Å². The number of rotatable bonds is 4. The van der Waals surface area contributed by atoms with Crippen LogP contribution in [0.3, 0.4) is 0 Å². The van der Waals surface area contributed by atoms with Crippen molar-refractivity contribution < 1.29 is 14.3 Å². The summed E-state index contributed by atoms with van der Waals surface area (Å²) < 4.78 is 6.71. The number of amides is 2. The van der Waals surface area contributed by atoms with Crippen molar-refractivity contribution >= 4 is 35.0 Å². The highest BCUT2D eigenvalue weighted by atomic mass is 35.5. The Morgan fingerprint density at radius 3 is 3.00 bits per heavy atom. The number of halogens is 1. The molecule has 0 radical (unpaired) electrons.